The van der Waals surface area contributed by atoms with Crippen LogP contribution in [0.4, 0.5) is 14.5 Å². The predicted molar refractivity (Wildman–Crippen MR) is 73.9 cm³/mol. The third-order valence-corrected chi connectivity index (χ3v) is 3.02. The molecule has 0 unspecified atom stereocenters. The molecule has 2 aromatic carbocycles. The van der Waals surface area contributed by atoms with E-state index in [1.54, 1.807) is 18.2 Å². The molecule has 0 aliphatic rings. The highest BCUT2D eigenvalue weighted by Crippen LogP contribution is 2.27. The number of benzene rings is 2. The maximum absolute atomic E-state index is 13.9. The van der Waals surface area contributed by atoms with Crippen LogP contribution in [0.1, 0.15) is 0 Å². The van der Waals surface area contributed by atoms with Crippen molar-refractivity contribution in [2.75, 3.05) is 5.73 Å². The summed E-state index contributed by atoms with van der Waals surface area (Å²) in [5, 5.41) is 11.2. The number of hydrogen-bond acceptors (Lipinski definition) is 4. The Morgan fingerprint density at radius 1 is 1.10 bits per heavy atom. The van der Waals surface area contributed by atoms with Gasteiger partial charge in [-0.25, -0.2) is 8.78 Å². The average Bonchev–Trinajstić information content (AvgIpc) is 2.86. The number of hydrogen-bond donors (Lipinski definition) is 1. The Hall–Kier alpha value is -2.54. The summed E-state index contributed by atoms with van der Waals surface area (Å²) in [7, 11) is 0. The maximum Gasteiger partial charge on any atom is 0.187 e. The SMILES string of the molecule is Nc1cc(Cl)cc(-c2nnnn2-c2c(F)cccc2F)c1. The van der Waals surface area contributed by atoms with Crippen LogP contribution >= 0.6 is 11.6 Å². The number of anilines is 1. The molecule has 0 aliphatic heterocycles. The first-order valence-electron chi connectivity index (χ1n) is 5.85. The number of rotatable bonds is 2. The standard InChI is InChI=1S/C13H8ClF2N5/c14-8-4-7(5-9(17)6-8)13-18-19-20-21(13)12-10(15)2-1-3-11(12)16/h1-6H,17H2. The lowest BCUT2D eigenvalue weighted by Gasteiger charge is -2.07. The van der Waals surface area contributed by atoms with Gasteiger partial charge in [-0.3, -0.25) is 0 Å². The van der Waals surface area contributed by atoms with Gasteiger partial charge in [0, 0.05) is 16.3 Å². The zero-order chi connectivity index (χ0) is 15.0. The van der Waals surface area contributed by atoms with Crippen molar-refractivity contribution < 1.29 is 8.78 Å². The number of tetrazole rings is 1. The molecule has 2 N–H and O–H groups in total. The molecule has 0 saturated carbocycles. The second-order valence-corrected chi connectivity index (χ2v) is 4.69. The summed E-state index contributed by atoms with van der Waals surface area (Å²) >= 11 is 5.92. The molecular weight excluding hydrogens is 300 g/mol. The Balaban J connectivity index is 2.22. The Bertz CT molecular complexity index is 778. The van der Waals surface area contributed by atoms with E-state index in [-0.39, 0.29) is 11.5 Å². The van der Waals surface area contributed by atoms with E-state index < -0.39 is 11.6 Å². The van der Waals surface area contributed by atoms with Crippen molar-refractivity contribution in [2.45, 2.75) is 0 Å². The van der Waals surface area contributed by atoms with Gasteiger partial charge in [-0.15, -0.1) is 5.10 Å². The fourth-order valence-electron chi connectivity index (χ4n) is 1.95. The van der Waals surface area contributed by atoms with Crippen LogP contribution < -0.4 is 5.73 Å². The number of nitrogens with two attached hydrogens (primary N) is 1. The van der Waals surface area contributed by atoms with E-state index in [2.05, 4.69) is 15.5 Å². The van der Waals surface area contributed by atoms with Crippen LogP contribution in [0.15, 0.2) is 36.4 Å². The smallest absolute Gasteiger partial charge is 0.187 e. The number of nitrogens with zero attached hydrogens (tertiary/aromatic N) is 4. The molecule has 1 heterocycles. The number of aromatic nitrogens is 4. The van der Waals surface area contributed by atoms with E-state index in [4.69, 9.17) is 17.3 Å². The summed E-state index contributed by atoms with van der Waals surface area (Å²) < 4.78 is 28.7. The highest BCUT2D eigenvalue weighted by atomic mass is 35.5. The van der Waals surface area contributed by atoms with Crippen molar-refractivity contribution in [3.05, 3.63) is 53.1 Å². The van der Waals surface area contributed by atoms with Crippen molar-refractivity contribution in [1.82, 2.24) is 20.2 Å². The summed E-state index contributed by atoms with van der Waals surface area (Å²) in [6.45, 7) is 0. The molecule has 106 valence electrons. The number of halogens is 3. The molecule has 5 nitrogen and oxygen atoms in total. The number of para-hydroxylation sites is 1. The fraction of sp³-hybridized carbons (Fsp3) is 0. The summed E-state index contributed by atoms with van der Waals surface area (Å²) in [5.74, 6) is -1.43. The van der Waals surface area contributed by atoms with Crippen molar-refractivity contribution in [3.63, 3.8) is 0 Å². The summed E-state index contributed by atoms with van der Waals surface area (Å²) in [5.41, 5.74) is 6.18. The summed E-state index contributed by atoms with van der Waals surface area (Å²) in [6, 6.07) is 8.16. The van der Waals surface area contributed by atoms with Gasteiger partial charge in [-0.1, -0.05) is 17.7 Å². The lowest BCUT2D eigenvalue weighted by atomic mass is 10.2. The van der Waals surface area contributed by atoms with E-state index in [1.807, 2.05) is 0 Å². The molecule has 3 aromatic rings. The monoisotopic (exact) mass is 307 g/mol. The highest BCUT2D eigenvalue weighted by molar-refractivity contribution is 6.31. The first-order valence-corrected chi connectivity index (χ1v) is 6.23. The zero-order valence-electron chi connectivity index (χ0n) is 10.5. The van der Waals surface area contributed by atoms with Gasteiger partial charge in [0.2, 0.25) is 0 Å². The van der Waals surface area contributed by atoms with Gasteiger partial charge in [0.1, 0.15) is 5.69 Å². The maximum atomic E-state index is 13.9. The van der Waals surface area contributed by atoms with Gasteiger partial charge < -0.3 is 5.73 Å². The topological polar surface area (TPSA) is 69.6 Å². The van der Waals surface area contributed by atoms with Gasteiger partial charge in [-0.05, 0) is 40.8 Å². The van der Waals surface area contributed by atoms with Gasteiger partial charge >= 0.3 is 0 Å². The van der Waals surface area contributed by atoms with E-state index in [0.717, 1.165) is 16.8 Å². The van der Waals surface area contributed by atoms with Crippen LogP contribution in [-0.2, 0) is 0 Å². The molecule has 21 heavy (non-hydrogen) atoms. The largest absolute Gasteiger partial charge is 0.399 e. The van der Waals surface area contributed by atoms with E-state index in [1.165, 1.54) is 6.07 Å². The molecule has 0 atom stereocenters. The van der Waals surface area contributed by atoms with Crippen molar-refractivity contribution in [3.8, 4) is 17.1 Å². The minimum absolute atomic E-state index is 0.133. The predicted octanol–water partition coefficient (Wildman–Crippen LogP) is 2.84. The molecule has 0 radical (unpaired) electrons. The molecule has 0 bridgehead atoms. The zero-order valence-corrected chi connectivity index (χ0v) is 11.2. The molecule has 8 heteroatoms. The minimum atomic E-state index is -0.779. The van der Waals surface area contributed by atoms with Crippen molar-refractivity contribution >= 4 is 17.3 Å². The molecule has 0 saturated heterocycles. The van der Waals surface area contributed by atoms with E-state index in [9.17, 15) is 8.78 Å². The average molecular weight is 308 g/mol. The highest BCUT2D eigenvalue weighted by Gasteiger charge is 2.18. The van der Waals surface area contributed by atoms with Crippen LogP contribution in [0.2, 0.25) is 5.02 Å². The van der Waals surface area contributed by atoms with Crippen LogP contribution in [0.5, 0.6) is 0 Å². The molecule has 0 aliphatic carbocycles. The van der Waals surface area contributed by atoms with Crippen molar-refractivity contribution in [2.24, 2.45) is 0 Å². The third-order valence-electron chi connectivity index (χ3n) is 2.80. The normalized spacial score (nSPS) is 10.8. The second-order valence-electron chi connectivity index (χ2n) is 4.26. The summed E-state index contributed by atoms with van der Waals surface area (Å²) in [4.78, 5) is 0. The first-order chi connectivity index (χ1) is 10.1. The van der Waals surface area contributed by atoms with Gasteiger partial charge in [0.15, 0.2) is 17.5 Å². The Morgan fingerprint density at radius 2 is 1.81 bits per heavy atom. The molecule has 1 aromatic heterocycles. The lowest BCUT2D eigenvalue weighted by molar-refractivity contribution is 0.557. The van der Waals surface area contributed by atoms with E-state index in [0.29, 0.717) is 16.3 Å². The lowest BCUT2D eigenvalue weighted by Crippen LogP contribution is -2.05. The number of nitrogen functional groups attached to an aromatic ring is 1. The van der Waals surface area contributed by atoms with Crippen LogP contribution in [0.25, 0.3) is 17.1 Å². The minimum Gasteiger partial charge on any atom is -0.399 e. The third kappa shape index (κ3) is 2.43. The molecule has 3 rings (SSSR count). The first kappa shape index (κ1) is 13.4. The Morgan fingerprint density at radius 3 is 2.48 bits per heavy atom. The second kappa shape index (κ2) is 5.10. The molecule has 0 amide bonds. The van der Waals surface area contributed by atoms with Crippen molar-refractivity contribution in [1.29, 1.82) is 0 Å². The van der Waals surface area contributed by atoms with Gasteiger partial charge in [-0.2, -0.15) is 4.68 Å². The van der Waals surface area contributed by atoms with Crippen LogP contribution in [0.3, 0.4) is 0 Å². The Labute approximate surface area is 123 Å². The van der Waals surface area contributed by atoms with Crippen LogP contribution in [-0.4, -0.2) is 20.2 Å². The summed E-state index contributed by atoms with van der Waals surface area (Å²) in [6.07, 6.45) is 0. The molecule has 0 fully saturated rings. The fourth-order valence-corrected chi connectivity index (χ4v) is 2.19. The molecular formula is C13H8ClF2N5. The molecule has 0 spiro atoms. The Kier molecular flexibility index (Phi) is 3.26. The van der Waals surface area contributed by atoms with E-state index >= 15 is 0 Å². The van der Waals surface area contributed by atoms with Crippen LogP contribution in [0, 0.1) is 11.6 Å². The van der Waals surface area contributed by atoms with Gasteiger partial charge in [0.05, 0.1) is 0 Å². The quantitative estimate of drug-likeness (QED) is 0.739. The van der Waals surface area contributed by atoms with Gasteiger partial charge in [0.25, 0.3) is 0 Å².